The van der Waals surface area contributed by atoms with Gasteiger partial charge in [0.05, 0.1) is 13.2 Å². The molecule has 18 heavy (non-hydrogen) atoms. The van der Waals surface area contributed by atoms with Crippen LogP contribution in [0.1, 0.15) is 59.3 Å². The zero-order valence-corrected chi connectivity index (χ0v) is 12.1. The van der Waals surface area contributed by atoms with Crippen LogP contribution >= 0.6 is 0 Å². The van der Waals surface area contributed by atoms with Crippen molar-refractivity contribution in [3.05, 3.63) is 11.1 Å². The first-order valence-electron chi connectivity index (χ1n) is 7.67. The fraction of sp³-hybridized carbons (Fsp3) is 0.875. The highest BCUT2D eigenvalue weighted by atomic mass is 16.7. The molecule has 1 saturated carbocycles. The van der Waals surface area contributed by atoms with Gasteiger partial charge in [0.15, 0.2) is 5.79 Å². The van der Waals surface area contributed by atoms with Gasteiger partial charge < -0.3 is 9.47 Å². The minimum atomic E-state index is -0.327. The highest BCUT2D eigenvalue weighted by Gasteiger charge is 2.53. The van der Waals surface area contributed by atoms with Crippen LogP contribution in [-0.4, -0.2) is 19.0 Å². The molecular weight excluding hydrogens is 224 g/mol. The second kappa shape index (κ2) is 4.35. The lowest BCUT2D eigenvalue weighted by Crippen LogP contribution is -2.42. The Morgan fingerprint density at radius 2 is 1.89 bits per heavy atom. The van der Waals surface area contributed by atoms with Gasteiger partial charge in [0, 0.05) is 6.42 Å². The van der Waals surface area contributed by atoms with E-state index in [1.54, 1.807) is 5.57 Å². The average molecular weight is 250 g/mol. The standard InChI is InChI=1S/C16H26O2/c1-4-12-6-7-14-13(5-2)16(17-10-11-18-16)9-8-15(12,14)3/h12H,4-11H2,1-3H3/t12-,15+/m1/s1. The summed E-state index contributed by atoms with van der Waals surface area (Å²) in [6.45, 7) is 8.63. The molecule has 0 bridgehead atoms. The van der Waals surface area contributed by atoms with Gasteiger partial charge in [-0.05, 0) is 42.6 Å². The van der Waals surface area contributed by atoms with Gasteiger partial charge in [0.1, 0.15) is 0 Å². The first-order valence-corrected chi connectivity index (χ1v) is 7.67. The number of rotatable bonds is 2. The van der Waals surface area contributed by atoms with Gasteiger partial charge in [-0.3, -0.25) is 0 Å². The molecule has 3 aliphatic rings. The summed E-state index contributed by atoms with van der Waals surface area (Å²) in [6.07, 6.45) is 7.33. The summed E-state index contributed by atoms with van der Waals surface area (Å²) in [7, 11) is 0. The Bertz CT molecular complexity index is 365. The van der Waals surface area contributed by atoms with Crippen LogP contribution in [0.2, 0.25) is 0 Å². The molecule has 0 aromatic carbocycles. The van der Waals surface area contributed by atoms with Crippen molar-refractivity contribution in [1.82, 2.24) is 0 Å². The van der Waals surface area contributed by atoms with E-state index in [4.69, 9.17) is 9.47 Å². The van der Waals surface area contributed by atoms with E-state index in [-0.39, 0.29) is 5.79 Å². The summed E-state index contributed by atoms with van der Waals surface area (Å²) in [5.74, 6) is 0.541. The summed E-state index contributed by atoms with van der Waals surface area (Å²) in [4.78, 5) is 0. The maximum Gasteiger partial charge on any atom is 0.191 e. The highest BCUT2D eigenvalue weighted by molar-refractivity contribution is 5.34. The Hall–Kier alpha value is -0.340. The first-order chi connectivity index (χ1) is 8.66. The van der Waals surface area contributed by atoms with Gasteiger partial charge in [-0.15, -0.1) is 0 Å². The average Bonchev–Trinajstić information content (AvgIpc) is 2.96. The SMILES string of the molecule is CCC1=C2CC[C@@H](CC)[C@]2(C)CCC12OCCO2. The fourth-order valence-electron chi connectivity index (χ4n) is 4.74. The van der Waals surface area contributed by atoms with Gasteiger partial charge in [-0.2, -0.15) is 0 Å². The highest BCUT2D eigenvalue weighted by Crippen LogP contribution is 2.59. The molecule has 0 aromatic rings. The van der Waals surface area contributed by atoms with Crippen molar-refractivity contribution in [3.8, 4) is 0 Å². The Kier molecular flexibility index (Phi) is 3.06. The Morgan fingerprint density at radius 3 is 2.50 bits per heavy atom. The predicted molar refractivity (Wildman–Crippen MR) is 72.3 cm³/mol. The maximum absolute atomic E-state index is 6.03. The van der Waals surface area contributed by atoms with Gasteiger partial charge >= 0.3 is 0 Å². The molecule has 2 heteroatoms. The predicted octanol–water partition coefficient (Wildman–Crippen LogP) is 4.06. The van der Waals surface area contributed by atoms with Crippen LogP contribution in [-0.2, 0) is 9.47 Å². The number of hydrogen-bond donors (Lipinski definition) is 0. The molecule has 0 N–H and O–H groups in total. The molecule has 3 rings (SSSR count). The lowest BCUT2D eigenvalue weighted by molar-refractivity contribution is -0.145. The topological polar surface area (TPSA) is 18.5 Å². The van der Waals surface area contributed by atoms with E-state index in [0.29, 0.717) is 5.41 Å². The largest absolute Gasteiger partial charge is 0.344 e. The van der Waals surface area contributed by atoms with E-state index in [1.807, 2.05) is 0 Å². The van der Waals surface area contributed by atoms with Gasteiger partial charge in [0.25, 0.3) is 0 Å². The fourth-order valence-corrected chi connectivity index (χ4v) is 4.74. The quantitative estimate of drug-likeness (QED) is 0.688. The Labute approximate surface area is 111 Å². The summed E-state index contributed by atoms with van der Waals surface area (Å²) in [5.41, 5.74) is 3.61. The van der Waals surface area contributed by atoms with Crippen molar-refractivity contribution in [2.24, 2.45) is 11.3 Å². The number of allylic oxidation sites excluding steroid dienone is 1. The van der Waals surface area contributed by atoms with Gasteiger partial charge in [-0.1, -0.05) is 32.8 Å². The van der Waals surface area contributed by atoms with Crippen LogP contribution in [0.5, 0.6) is 0 Å². The lowest BCUT2D eigenvalue weighted by Gasteiger charge is -2.45. The normalized spacial score (nSPS) is 38.5. The molecule has 1 saturated heterocycles. The Morgan fingerprint density at radius 1 is 1.17 bits per heavy atom. The molecular formula is C16H26O2. The van der Waals surface area contributed by atoms with E-state index in [1.165, 1.54) is 31.3 Å². The van der Waals surface area contributed by atoms with E-state index in [9.17, 15) is 0 Å². The van der Waals surface area contributed by atoms with E-state index >= 15 is 0 Å². The van der Waals surface area contributed by atoms with Gasteiger partial charge in [-0.25, -0.2) is 0 Å². The summed E-state index contributed by atoms with van der Waals surface area (Å²) >= 11 is 0. The zero-order chi connectivity index (χ0) is 12.8. The molecule has 0 radical (unpaired) electrons. The van der Waals surface area contributed by atoms with Crippen molar-refractivity contribution in [1.29, 1.82) is 0 Å². The molecule has 2 atom stereocenters. The van der Waals surface area contributed by atoms with Crippen LogP contribution in [0.3, 0.4) is 0 Å². The third-order valence-electron chi connectivity index (χ3n) is 5.73. The summed E-state index contributed by atoms with van der Waals surface area (Å²) in [5, 5.41) is 0. The molecule has 2 fully saturated rings. The third-order valence-corrected chi connectivity index (χ3v) is 5.73. The molecule has 2 nitrogen and oxygen atoms in total. The minimum Gasteiger partial charge on any atom is -0.344 e. The molecule has 102 valence electrons. The second-order valence-corrected chi connectivity index (χ2v) is 6.32. The minimum absolute atomic E-state index is 0.327. The number of ether oxygens (including phenoxy) is 2. The molecule has 0 aromatic heterocycles. The van der Waals surface area contributed by atoms with Crippen LogP contribution in [0.25, 0.3) is 0 Å². The van der Waals surface area contributed by atoms with E-state index in [2.05, 4.69) is 20.8 Å². The monoisotopic (exact) mass is 250 g/mol. The molecule has 0 unspecified atom stereocenters. The Balaban J connectivity index is 2.04. The van der Waals surface area contributed by atoms with Crippen LogP contribution in [0, 0.1) is 11.3 Å². The van der Waals surface area contributed by atoms with Crippen molar-refractivity contribution in [2.75, 3.05) is 13.2 Å². The van der Waals surface area contributed by atoms with Gasteiger partial charge in [0.2, 0.25) is 0 Å². The van der Waals surface area contributed by atoms with Crippen molar-refractivity contribution >= 4 is 0 Å². The molecule has 2 aliphatic carbocycles. The van der Waals surface area contributed by atoms with Crippen LogP contribution < -0.4 is 0 Å². The zero-order valence-electron chi connectivity index (χ0n) is 12.1. The van der Waals surface area contributed by atoms with Crippen LogP contribution in [0.4, 0.5) is 0 Å². The number of fused-ring (bicyclic) bond motifs is 1. The van der Waals surface area contributed by atoms with E-state index in [0.717, 1.165) is 32.0 Å². The maximum atomic E-state index is 6.03. The molecule has 1 spiro atoms. The summed E-state index contributed by atoms with van der Waals surface area (Å²) < 4.78 is 12.1. The third kappa shape index (κ3) is 1.55. The lowest BCUT2D eigenvalue weighted by atomic mass is 9.65. The number of hydrogen-bond acceptors (Lipinski definition) is 2. The van der Waals surface area contributed by atoms with Crippen LogP contribution in [0.15, 0.2) is 11.1 Å². The molecule has 1 aliphatic heterocycles. The summed E-state index contributed by atoms with van der Waals surface area (Å²) in [6, 6.07) is 0. The molecule has 1 heterocycles. The molecule has 0 amide bonds. The van der Waals surface area contributed by atoms with Crippen molar-refractivity contribution in [3.63, 3.8) is 0 Å². The smallest absolute Gasteiger partial charge is 0.191 e. The van der Waals surface area contributed by atoms with Crippen molar-refractivity contribution < 1.29 is 9.47 Å². The second-order valence-electron chi connectivity index (χ2n) is 6.32. The van der Waals surface area contributed by atoms with E-state index < -0.39 is 0 Å². The van der Waals surface area contributed by atoms with Crippen molar-refractivity contribution in [2.45, 2.75) is 65.1 Å². The first kappa shape index (κ1) is 12.7.